The van der Waals surface area contributed by atoms with Gasteiger partial charge in [0.1, 0.15) is 0 Å². The molecule has 2 nitrogen and oxygen atoms in total. The third-order valence-corrected chi connectivity index (χ3v) is 5.02. The summed E-state index contributed by atoms with van der Waals surface area (Å²) in [4.78, 5) is 0. The molecule has 0 heterocycles. The van der Waals surface area contributed by atoms with Gasteiger partial charge in [-0.3, -0.25) is 0 Å². The highest BCUT2D eigenvalue weighted by Gasteiger charge is 2.41. The Labute approximate surface area is 117 Å². The quantitative estimate of drug-likeness (QED) is 0.822. The Morgan fingerprint density at radius 2 is 2.11 bits per heavy atom. The van der Waals surface area contributed by atoms with Crippen molar-refractivity contribution in [2.75, 3.05) is 20.3 Å². The molecule has 0 saturated carbocycles. The van der Waals surface area contributed by atoms with Gasteiger partial charge in [0.15, 0.2) is 0 Å². The Morgan fingerprint density at radius 3 is 2.79 bits per heavy atom. The van der Waals surface area contributed by atoms with Gasteiger partial charge in [0.2, 0.25) is 0 Å². The van der Waals surface area contributed by atoms with E-state index in [9.17, 15) is 0 Å². The van der Waals surface area contributed by atoms with E-state index in [0.29, 0.717) is 12.0 Å². The zero-order valence-electron chi connectivity index (χ0n) is 12.7. The molecule has 1 aromatic rings. The molecule has 106 valence electrons. The first kappa shape index (κ1) is 14.5. The summed E-state index contributed by atoms with van der Waals surface area (Å²) in [6, 6.07) is 9.48. The molecule has 0 amide bonds. The molecule has 3 unspecified atom stereocenters. The van der Waals surface area contributed by atoms with Crippen LogP contribution in [0.25, 0.3) is 0 Å². The fraction of sp³-hybridized carbons (Fsp3) is 0.647. The summed E-state index contributed by atoms with van der Waals surface area (Å²) in [6.07, 6.45) is 2.23. The summed E-state index contributed by atoms with van der Waals surface area (Å²) in [5.41, 5.74) is 3.23. The lowest BCUT2D eigenvalue weighted by Gasteiger charge is -2.46. The Hall–Kier alpha value is -0.860. The van der Waals surface area contributed by atoms with Crippen LogP contribution >= 0.6 is 0 Å². The largest absolute Gasteiger partial charge is 0.382 e. The van der Waals surface area contributed by atoms with E-state index in [0.717, 1.165) is 26.1 Å². The van der Waals surface area contributed by atoms with Crippen LogP contribution in [0.3, 0.4) is 0 Å². The van der Waals surface area contributed by atoms with Crippen molar-refractivity contribution in [1.29, 1.82) is 0 Å². The SMILES string of the molecule is CCOCCC1(C)c2ccccc2CC(NC)C1C. The van der Waals surface area contributed by atoms with Crippen LogP contribution in [-0.2, 0) is 16.6 Å². The molecular weight excluding hydrogens is 234 g/mol. The van der Waals surface area contributed by atoms with E-state index in [1.54, 1.807) is 0 Å². The molecule has 1 aromatic carbocycles. The van der Waals surface area contributed by atoms with E-state index in [-0.39, 0.29) is 5.41 Å². The summed E-state index contributed by atoms with van der Waals surface area (Å²) >= 11 is 0. The number of hydrogen-bond acceptors (Lipinski definition) is 2. The molecule has 0 spiro atoms. The monoisotopic (exact) mass is 261 g/mol. The van der Waals surface area contributed by atoms with Gasteiger partial charge in [0.05, 0.1) is 0 Å². The van der Waals surface area contributed by atoms with Crippen LogP contribution < -0.4 is 5.32 Å². The van der Waals surface area contributed by atoms with Crippen LogP contribution in [0.1, 0.15) is 38.3 Å². The van der Waals surface area contributed by atoms with Gasteiger partial charge >= 0.3 is 0 Å². The van der Waals surface area contributed by atoms with Crippen LogP contribution in [0, 0.1) is 5.92 Å². The van der Waals surface area contributed by atoms with Gasteiger partial charge in [0.25, 0.3) is 0 Å². The van der Waals surface area contributed by atoms with E-state index < -0.39 is 0 Å². The average molecular weight is 261 g/mol. The molecule has 0 saturated heterocycles. The number of fused-ring (bicyclic) bond motifs is 1. The second kappa shape index (κ2) is 6.06. The van der Waals surface area contributed by atoms with Crippen LogP contribution in [0.15, 0.2) is 24.3 Å². The first-order valence-corrected chi connectivity index (χ1v) is 7.47. The second-order valence-electron chi connectivity index (χ2n) is 5.91. The second-order valence-corrected chi connectivity index (χ2v) is 5.91. The summed E-state index contributed by atoms with van der Waals surface area (Å²) in [5, 5.41) is 3.50. The summed E-state index contributed by atoms with van der Waals surface area (Å²) < 4.78 is 5.61. The minimum Gasteiger partial charge on any atom is -0.382 e. The number of likely N-dealkylation sites (N-methyl/N-ethyl adjacent to an activating group) is 1. The lowest BCUT2D eigenvalue weighted by atomic mass is 9.61. The standard InChI is InChI=1S/C17H27NO/c1-5-19-11-10-17(3)13(2)16(18-4)12-14-8-6-7-9-15(14)17/h6-9,13,16,18H,5,10-12H2,1-4H3. The minimum atomic E-state index is 0.206. The van der Waals surface area contributed by atoms with Gasteiger partial charge in [-0.2, -0.15) is 0 Å². The van der Waals surface area contributed by atoms with Gasteiger partial charge in [-0.25, -0.2) is 0 Å². The minimum absolute atomic E-state index is 0.206. The normalized spacial score (nSPS) is 30.1. The van der Waals surface area contributed by atoms with E-state index in [2.05, 4.69) is 57.4 Å². The molecule has 0 fully saturated rings. The molecule has 0 aromatic heterocycles. The lowest BCUT2D eigenvalue weighted by Crippen LogP contribution is -2.49. The van der Waals surface area contributed by atoms with Gasteiger partial charge in [-0.1, -0.05) is 38.1 Å². The van der Waals surface area contributed by atoms with Crippen molar-refractivity contribution in [2.24, 2.45) is 5.92 Å². The maximum Gasteiger partial charge on any atom is 0.0474 e. The topological polar surface area (TPSA) is 21.3 Å². The Kier molecular flexibility index (Phi) is 4.64. The molecule has 0 bridgehead atoms. The third-order valence-electron chi connectivity index (χ3n) is 5.02. The highest BCUT2D eigenvalue weighted by atomic mass is 16.5. The average Bonchev–Trinajstić information content (AvgIpc) is 2.43. The maximum absolute atomic E-state index is 5.61. The fourth-order valence-electron chi connectivity index (χ4n) is 3.50. The maximum atomic E-state index is 5.61. The zero-order valence-corrected chi connectivity index (χ0v) is 12.7. The molecule has 3 atom stereocenters. The van der Waals surface area contributed by atoms with Crippen LogP contribution in [-0.4, -0.2) is 26.3 Å². The molecule has 0 radical (unpaired) electrons. The number of rotatable bonds is 5. The number of hydrogen-bond donors (Lipinski definition) is 1. The third kappa shape index (κ3) is 2.70. The first-order chi connectivity index (χ1) is 9.13. The smallest absolute Gasteiger partial charge is 0.0474 e. The first-order valence-electron chi connectivity index (χ1n) is 7.47. The molecular formula is C17H27NO. The van der Waals surface area contributed by atoms with Gasteiger partial charge < -0.3 is 10.1 Å². The van der Waals surface area contributed by atoms with Gasteiger partial charge in [-0.15, -0.1) is 0 Å². The Balaban J connectivity index is 2.32. The molecule has 1 N–H and O–H groups in total. The molecule has 2 heteroatoms. The van der Waals surface area contributed by atoms with Crippen molar-refractivity contribution < 1.29 is 4.74 Å². The molecule has 1 aliphatic carbocycles. The number of nitrogens with one attached hydrogen (secondary N) is 1. The van der Waals surface area contributed by atoms with Crippen molar-refractivity contribution in [3.63, 3.8) is 0 Å². The molecule has 19 heavy (non-hydrogen) atoms. The Morgan fingerprint density at radius 1 is 1.37 bits per heavy atom. The van der Waals surface area contributed by atoms with Crippen LogP contribution in [0.5, 0.6) is 0 Å². The Bertz CT molecular complexity index is 417. The van der Waals surface area contributed by atoms with Gasteiger partial charge in [0, 0.05) is 19.3 Å². The summed E-state index contributed by atoms with van der Waals surface area (Å²) in [7, 11) is 2.08. The van der Waals surface area contributed by atoms with E-state index in [1.165, 1.54) is 11.1 Å². The zero-order chi connectivity index (χ0) is 13.9. The van der Waals surface area contributed by atoms with Crippen molar-refractivity contribution >= 4 is 0 Å². The predicted molar refractivity (Wildman–Crippen MR) is 80.6 cm³/mol. The predicted octanol–water partition coefficient (Wildman–Crippen LogP) is 3.15. The number of ether oxygens (including phenoxy) is 1. The van der Waals surface area contributed by atoms with E-state index >= 15 is 0 Å². The highest BCUT2D eigenvalue weighted by molar-refractivity contribution is 5.38. The lowest BCUT2D eigenvalue weighted by molar-refractivity contribution is 0.103. The number of benzene rings is 1. The van der Waals surface area contributed by atoms with E-state index in [1.807, 2.05) is 0 Å². The van der Waals surface area contributed by atoms with Crippen molar-refractivity contribution in [3.05, 3.63) is 35.4 Å². The van der Waals surface area contributed by atoms with E-state index in [4.69, 9.17) is 4.74 Å². The molecule has 2 rings (SSSR count). The van der Waals surface area contributed by atoms with Crippen molar-refractivity contribution in [2.45, 2.75) is 45.1 Å². The molecule has 1 aliphatic rings. The van der Waals surface area contributed by atoms with Crippen LogP contribution in [0.2, 0.25) is 0 Å². The highest BCUT2D eigenvalue weighted by Crippen LogP contribution is 2.43. The summed E-state index contributed by atoms with van der Waals surface area (Å²) in [5.74, 6) is 0.618. The van der Waals surface area contributed by atoms with Crippen LogP contribution in [0.4, 0.5) is 0 Å². The molecule has 0 aliphatic heterocycles. The summed E-state index contributed by atoms with van der Waals surface area (Å²) in [6.45, 7) is 8.50. The van der Waals surface area contributed by atoms with Gasteiger partial charge in [-0.05, 0) is 49.3 Å². The fourth-order valence-corrected chi connectivity index (χ4v) is 3.50. The van der Waals surface area contributed by atoms with Crippen molar-refractivity contribution in [1.82, 2.24) is 5.32 Å². The van der Waals surface area contributed by atoms with Crippen molar-refractivity contribution in [3.8, 4) is 0 Å².